The highest BCUT2D eigenvalue weighted by atomic mass is 32.1. The van der Waals surface area contributed by atoms with Crippen LogP contribution in [0.3, 0.4) is 0 Å². The number of fused-ring (bicyclic) bond motifs is 1. The van der Waals surface area contributed by atoms with Crippen LogP contribution < -0.4 is 5.73 Å². The number of carbonyl (C=O) groups is 1. The van der Waals surface area contributed by atoms with Gasteiger partial charge in [-0.15, -0.1) is 22.7 Å². The Balaban J connectivity index is 1.62. The molecular weight excluding hydrogens is 384 g/mol. The van der Waals surface area contributed by atoms with Crippen LogP contribution in [0.5, 0.6) is 0 Å². The largest absolute Gasteiger partial charge is 0.398 e. The first-order valence-electron chi connectivity index (χ1n) is 8.92. The Morgan fingerprint density at radius 2 is 1.89 bits per heavy atom. The Labute approximate surface area is 170 Å². The van der Waals surface area contributed by atoms with Gasteiger partial charge in [-0.05, 0) is 17.0 Å². The minimum Gasteiger partial charge on any atom is -0.398 e. The van der Waals surface area contributed by atoms with Crippen LogP contribution in [0.15, 0.2) is 94.4 Å². The lowest BCUT2D eigenvalue weighted by atomic mass is 9.89. The molecule has 28 heavy (non-hydrogen) atoms. The Morgan fingerprint density at radius 1 is 1.04 bits per heavy atom. The lowest BCUT2D eigenvalue weighted by Gasteiger charge is -2.14. The molecule has 0 spiro atoms. The van der Waals surface area contributed by atoms with Crippen molar-refractivity contribution in [1.82, 2.24) is 4.98 Å². The van der Waals surface area contributed by atoms with Crippen molar-refractivity contribution >= 4 is 34.0 Å². The highest BCUT2D eigenvalue weighted by Crippen LogP contribution is 2.45. The molecule has 1 aromatic carbocycles. The first kappa shape index (κ1) is 17.1. The molecule has 5 heteroatoms. The normalized spacial score (nSPS) is 18.1. The molecule has 5 rings (SSSR count). The van der Waals surface area contributed by atoms with Crippen molar-refractivity contribution in [3.05, 3.63) is 104 Å². The van der Waals surface area contributed by atoms with Gasteiger partial charge in [-0.2, -0.15) is 0 Å². The molecule has 0 radical (unpaired) electrons. The number of hydrogen-bond acceptors (Lipinski definition) is 5. The number of benzene rings is 1. The van der Waals surface area contributed by atoms with E-state index in [0.717, 1.165) is 27.4 Å². The second kappa shape index (κ2) is 6.86. The molecule has 2 aromatic heterocycles. The molecular formula is C23H16N2OS2. The van der Waals surface area contributed by atoms with E-state index in [1.165, 1.54) is 11.3 Å². The highest BCUT2D eigenvalue weighted by Gasteiger charge is 2.36. The van der Waals surface area contributed by atoms with Gasteiger partial charge in [0.1, 0.15) is 5.01 Å². The number of rotatable bonds is 4. The van der Waals surface area contributed by atoms with Crippen molar-refractivity contribution in [2.45, 2.75) is 0 Å². The van der Waals surface area contributed by atoms with E-state index in [0.29, 0.717) is 16.1 Å². The van der Waals surface area contributed by atoms with E-state index in [9.17, 15) is 4.79 Å². The Morgan fingerprint density at radius 3 is 2.68 bits per heavy atom. The number of allylic oxidation sites excluding steroid dienone is 7. The maximum Gasteiger partial charge on any atom is 0.201 e. The zero-order valence-electron chi connectivity index (χ0n) is 14.8. The molecule has 136 valence electrons. The van der Waals surface area contributed by atoms with E-state index in [1.54, 1.807) is 11.3 Å². The summed E-state index contributed by atoms with van der Waals surface area (Å²) >= 11 is 3.01. The number of thiophene rings is 1. The summed E-state index contributed by atoms with van der Waals surface area (Å²) in [6, 6.07) is 13.8. The maximum atomic E-state index is 13.1. The van der Waals surface area contributed by atoms with Crippen LogP contribution in [0.4, 0.5) is 0 Å². The van der Waals surface area contributed by atoms with Gasteiger partial charge in [0.05, 0.1) is 16.3 Å². The van der Waals surface area contributed by atoms with Crippen LogP contribution in [-0.4, -0.2) is 10.8 Å². The quantitative estimate of drug-likeness (QED) is 0.590. The van der Waals surface area contributed by atoms with Gasteiger partial charge in [-0.3, -0.25) is 4.79 Å². The lowest BCUT2D eigenvalue weighted by molar-refractivity contribution is 0.103. The average molecular weight is 401 g/mol. The minimum atomic E-state index is -0.112. The van der Waals surface area contributed by atoms with Gasteiger partial charge >= 0.3 is 0 Å². The summed E-state index contributed by atoms with van der Waals surface area (Å²) in [5, 5.41) is 4.81. The fourth-order valence-corrected chi connectivity index (χ4v) is 5.25. The number of ketones is 1. The molecule has 2 N–H and O–H groups in total. The predicted molar refractivity (Wildman–Crippen MR) is 116 cm³/mol. The molecule has 3 aromatic rings. The first-order valence-corrected chi connectivity index (χ1v) is 10.7. The third-order valence-corrected chi connectivity index (χ3v) is 6.69. The number of nitrogens with two attached hydrogens (primary N) is 1. The molecule has 0 saturated heterocycles. The fraction of sp³-hybridized carbons (Fsp3) is 0.0435. The standard InChI is InChI=1S/C23H16N2OS2/c24-21-19(22(26)18-11-6-12-27-18)15-9-4-5-10-16(15)20(21)23-25-17(13-28-23)14-7-2-1-3-8-14/h1-13,15H,24H2. The van der Waals surface area contributed by atoms with Gasteiger partial charge in [-0.1, -0.05) is 60.7 Å². The number of Topliss-reactive ketones (excluding diaryl/α,β-unsaturated/α-hetero) is 1. The van der Waals surface area contributed by atoms with Crippen molar-refractivity contribution in [2.24, 2.45) is 11.7 Å². The Bertz CT molecular complexity index is 1180. The maximum absolute atomic E-state index is 13.1. The van der Waals surface area contributed by atoms with Crippen molar-refractivity contribution in [3.8, 4) is 11.3 Å². The zero-order chi connectivity index (χ0) is 19.1. The van der Waals surface area contributed by atoms with Gasteiger partial charge in [0.25, 0.3) is 0 Å². The van der Waals surface area contributed by atoms with Crippen LogP contribution in [0.25, 0.3) is 16.8 Å². The number of aromatic nitrogens is 1. The van der Waals surface area contributed by atoms with Gasteiger partial charge in [0.2, 0.25) is 5.78 Å². The molecule has 0 aliphatic heterocycles. The third kappa shape index (κ3) is 2.71. The van der Waals surface area contributed by atoms with Crippen molar-refractivity contribution < 1.29 is 4.79 Å². The van der Waals surface area contributed by atoms with E-state index in [4.69, 9.17) is 10.7 Å². The van der Waals surface area contributed by atoms with E-state index >= 15 is 0 Å². The highest BCUT2D eigenvalue weighted by molar-refractivity contribution is 7.12. The molecule has 2 aliphatic rings. The number of thiazole rings is 1. The molecule has 2 aliphatic carbocycles. The van der Waals surface area contributed by atoms with E-state index in [1.807, 2.05) is 77.5 Å². The summed E-state index contributed by atoms with van der Waals surface area (Å²) < 4.78 is 0. The SMILES string of the molecule is NC1=C(C(=O)c2cccs2)C2C=CC=CC2=C1c1nc(-c2ccccc2)cs1. The summed E-state index contributed by atoms with van der Waals surface area (Å²) in [6.45, 7) is 0. The topological polar surface area (TPSA) is 56.0 Å². The molecule has 2 heterocycles. The van der Waals surface area contributed by atoms with Crippen LogP contribution in [0, 0.1) is 5.92 Å². The monoisotopic (exact) mass is 400 g/mol. The molecule has 3 nitrogen and oxygen atoms in total. The van der Waals surface area contributed by atoms with Gasteiger partial charge in [-0.25, -0.2) is 4.98 Å². The molecule has 0 bridgehead atoms. The van der Waals surface area contributed by atoms with Gasteiger partial charge in [0.15, 0.2) is 0 Å². The molecule has 1 atom stereocenters. The summed E-state index contributed by atoms with van der Waals surface area (Å²) in [4.78, 5) is 18.7. The van der Waals surface area contributed by atoms with E-state index in [-0.39, 0.29) is 11.7 Å². The van der Waals surface area contributed by atoms with E-state index < -0.39 is 0 Å². The summed E-state index contributed by atoms with van der Waals surface area (Å²) in [5.41, 5.74) is 11.7. The predicted octanol–water partition coefficient (Wildman–Crippen LogP) is 5.48. The van der Waals surface area contributed by atoms with Crippen molar-refractivity contribution in [3.63, 3.8) is 0 Å². The smallest absolute Gasteiger partial charge is 0.201 e. The fourth-order valence-electron chi connectivity index (χ4n) is 3.66. The van der Waals surface area contributed by atoms with Crippen molar-refractivity contribution in [1.29, 1.82) is 0 Å². The Kier molecular flexibility index (Phi) is 4.19. The lowest BCUT2D eigenvalue weighted by Crippen LogP contribution is -2.14. The number of nitrogens with zero attached hydrogens (tertiary/aromatic N) is 1. The molecule has 0 amide bonds. The first-order chi connectivity index (χ1) is 13.7. The van der Waals surface area contributed by atoms with Crippen LogP contribution in [0.1, 0.15) is 14.7 Å². The summed E-state index contributed by atoms with van der Waals surface area (Å²) in [5.74, 6) is -0.108. The van der Waals surface area contributed by atoms with Gasteiger partial charge in [0, 0.05) is 28.0 Å². The zero-order valence-corrected chi connectivity index (χ0v) is 16.5. The second-order valence-electron chi connectivity index (χ2n) is 6.59. The summed E-state index contributed by atoms with van der Waals surface area (Å²) in [6.07, 6.45) is 8.06. The third-order valence-electron chi connectivity index (χ3n) is 4.96. The van der Waals surface area contributed by atoms with Crippen LogP contribution in [-0.2, 0) is 0 Å². The van der Waals surface area contributed by atoms with Gasteiger partial charge < -0.3 is 5.73 Å². The molecule has 0 saturated carbocycles. The average Bonchev–Trinajstić information content (AvgIpc) is 3.47. The van der Waals surface area contributed by atoms with Crippen LogP contribution >= 0.6 is 22.7 Å². The van der Waals surface area contributed by atoms with E-state index in [2.05, 4.69) is 0 Å². The molecule has 1 unspecified atom stereocenters. The number of hydrogen-bond donors (Lipinski definition) is 1. The summed E-state index contributed by atoms with van der Waals surface area (Å²) in [7, 11) is 0. The van der Waals surface area contributed by atoms with Crippen LogP contribution in [0.2, 0.25) is 0 Å². The Hall–Kier alpha value is -3.02. The minimum absolute atomic E-state index is 0.00443. The second-order valence-corrected chi connectivity index (χ2v) is 8.40. The van der Waals surface area contributed by atoms with Crippen molar-refractivity contribution in [2.75, 3.05) is 0 Å². The number of carbonyl (C=O) groups excluding carboxylic acids is 1. The molecule has 0 fully saturated rings.